The van der Waals surface area contributed by atoms with Crippen molar-refractivity contribution < 1.29 is 19.1 Å². The van der Waals surface area contributed by atoms with Crippen molar-refractivity contribution in [3.8, 4) is 0 Å². The van der Waals surface area contributed by atoms with E-state index in [1.54, 1.807) is 29.3 Å². The van der Waals surface area contributed by atoms with Crippen LogP contribution in [0.5, 0.6) is 0 Å². The fourth-order valence-electron chi connectivity index (χ4n) is 3.67. The zero-order valence-electron chi connectivity index (χ0n) is 15.8. The molecule has 1 atom stereocenters. The Morgan fingerprint density at radius 1 is 1.30 bits per heavy atom. The molecule has 1 unspecified atom stereocenters. The number of ether oxygens (including phenoxy) is 2. The quantitative estimate of drug-likeness (QED) is 0.598. The fourth-order valence-corrected chi connectivity index (χ4v) is 3.67. The molecule has 2 aromatic rings. The highest BCUT2D eigenvalue weighted by atomic mass is 16.5. The van der Waals surface area contributed by atoms with Gasteiger partial charge in [-0.3, -0.25) is 9.58 Å². The summed E-state index contributed by atoms with van der Waals surface area (Å²) < 4.78 is 11.6. The van der Waals surface area contributed by atoms with E-state index in [-0.39, 0.29) is 0 Å². The Bertz CT molecular complexity index is 875. The number of allylic oxidation sites excluding steroid dienone is 1. The maximum atomic E-state index is 12.3. The number of aromatic nitrogens is 2. The van der Waals surface area contributed by atoms with Crippen molar-refractivity contribution in [3.05, 3.63) is 59.9 Å². The first-order chi connectivity index (χ1) is 12.9. The topological polar surface area (TPSA) is 73.7 Å². The monoisotopic (exact) mass is 369 g/mol. The molecule has 0 bridgehead atoms. The number of amides is 1. The van der Waals surface area contributed by atoms with Crippen molar-refractivity contribution in [2.75, 3.05) is 25.7 Å². The van der Waals surface area contributed by atoms with Crippen LogP contribution in [0.15, 0.2) is 48.8 Å². The number of methoxy groups -OCH3 is 2. The molecule has 1 aliphatic heterocycles. The van der Waals surface area contributed by atoms with E-state index in [9.17, 15) is 9.59 Å². The molecule has 3 rings (SSSR count). The first kappa shape index (κ1) is 18.7. The summed E-state index contributed by atoms with van der Waals surface area (Å²) in [6.07, 6.45) is 3.81. The van der Waals surface area contributed by atoms with Crippen LogP contribution in [0, 0.1) is 0 Å². The summed E-state index contributed by atoms with van der Waals surface area (Å²) >= 11 is 0. The highest BCUT2D eigenvalue weighted by Crippen LogP contribution is 2.45. The predicted molar refractivity (Wildman–Crippen MR) is 101 cm³/mol. The lowest BCUT2D eigenvalue weighted by atomic mass is 9.78. The number of hydrogen-bond acceptors (Lipinski definition) is 5. The lowest BCUT2D eigenvalue weighted by Gasteiger charge is -2.26. The van der Waals surface area contributed by atoms with E-state index < -0.39 is 17.5 Å². The number of benzene rings is 1. The molecule has 7 heteroatoms. The standard InChI is InChI=1S/C20H23N3O4/c1-14(12-22-9-5-8-21-22)11-20(2)13-23(19(25)27-4)17-7-6-15(10-16(17)20)18(24)26-3/h5-10H,1,11-13H2,2-4H3. The summed E-state index contributed by atoms with van der Waals surface area (Å²) in [5, 5.41) is 4.21. The SMILES string of the molecule is C=C(Cn1cccn1)CC1(C)CN(C(=O)OC)c2ccc(C(=O)OC)cc21. The number of carbonyl (C=O) groups excluding carboxylic acids is 2. The van der Waals surface area contributed by atoms with E-state index in [1.165, 1.54) is 14.2 Å². The van der Waals surface area contributed by atoms with Crippen molar-refractivity contribution in [1.29, 1.82) is 0 Å². The second-order valence-corrected chi connectivity index (χ2v) is 6.97. The van der Waals surface area contributed by atoms with Gasteiger partial charge in [-0.1, -0.05) is 19.1 Å². The average molecular weight is 369 g/mol. The van der Waals surface area contributed by atoms with Crippen LogP contribution in [0.3, 0.4) is 0 Å². The molecule has 1 aromatic heterocycles. The van der Waals surface area contributed by atoms with Crippen molar-refractivity contribution in [2.45, 2.75) is 25.3 Å². The van der Waals surface area contributed by atoms with Gasteiger partial charge in [0, 0.05) is 24.4 Å². The molecule has 0 aliphatic carbocycles. The number of rotatable bonds is 5. The molecule has 142 valence electrons. The van der Waals surface area contributed by atoms with Crippen LogP contribution in [0.25, 0.3) is 0 Å². The number of fused-ring (bicyclic) bond motifs is 1. The summed E-state index contributed by atoms with van der Waals surface area (Å²) in [5.74, 6) is -0.410. The second-order valence-electron chi connectivity index (χ2n) is 6.97. The molecule has 2 heterocycles. The van der Waals surface area contributed by atoms with E-state index in [0.717, 1.165) is 16.8 Å². The highest BCUT2D eigenvalue weighted by Gasteiger charge is 2.42. The average Bonchev–Trinajstić information content (AvgIpc) is 3.26. The third-order valence-electron chi connectivity index (χ3n) is 4.85. The smallest absolute Gasteiger partial charge is 0.414 e. The van der Waals surface area contributed by atoms with E-state index in [4.69, 9.17) is 9.47 Å². The van der Waals surface area contributed by atoms with Crippen LogP contribution in [0.1, 0.15) is 29.3 Å². The van der Waals surface area contributed by atoms with Crippen molar-refractivity contribution in [3.63, 3.8) is 0 Å². The maximum absolute atomic E-state index is 12.3. The molecule has 0 spiro atoms. The normalized spacial score (nSPS) is 18.1. The first-order valence-electron chi connectivity index (χ1n) is 8.60. The molecule has 7 nitrogen and oxygen atoms in total. The van der Waals surface area contributed by atoms with Crippen LogP contribution >= 0.6 is 0 Å². The van der Waals surface area contributed by atoms with Gasteiger partial charge in [-0.15, -0.1) is 0 Å². The minimum atomic E-state index is -0.427. The number of esters is 1. The van der Waals surface area contributed by atoms with E-state index in [0.29, 0.717) is 25.1 Å². The van der Waals surface area contributed by atoms with Gasteiger partial charge in [0.15, 0.2) is 0 Å². The molecule has 0 saturated carbocycles. The minimum Gasteiger partial charge on any atom is -0.465 e. The van der Waals surface area contributed by atoms with Gasteiger partial charge < -0.3 is 9.47 Å². The molecule has 1 aromatic carbocycles. The Morgan fingerprint density at radius 3 is 2.70 bits per heavy atom. The Morgan fingerprint density at radius 2 is 2.07 bits per heavy atom. The Kier molecular flexibility index (Phi) is 5.03. The third-order valence-corrected chi connectivity index (χ3v) is 4.85. The zero-order valence-corrected chi connectivity index (χ0v) is 15.8. The summed E-state index contributed by atoms with van der Waals surface area (Å²) in [6, 6.07) is 7.08. The summed E-state index contributed by atoms with van der Waals surface area (Å²) in [4.78, 5) is 25.8. The Balaban J connectivity index is 1.94. The number of hydrogen-bond donors (Lipinski definition) is 0. The third kappa shape index (κ3) is 3.58. The molecule has 1 amide bonds. The minimum absolute atomic E-state index is 0.405. The fraction of sp³-hybridized carbons (Fsp3) is 0.350. The number of anilines is 1. The van der Waals surface area contributed by atoms with Crippen LogP contribution in [0.2, 0.25) is 0 Å². The summed E-state index contributed by atoms with van der Waals surface area (Å²) in [7, 11) is 2.71. The van der Waals surface area contributed by atoms with Gasteiger partial charge in [0.2, 0.25) is 0 Å². The number of nitrogens with zero attached hydrogens (tertiary/aromatic N) is 3. The zero-order chi connectivity index (χ0) is 19.6. The highest BCUT2D eigenvalue weighted by molar-refractivity contribution is 5.95. The van der Waals surface area contributed by atoms with Gasteiger partial charge in [-0.05, 0) is 36.2 Å². The molecule has 0 radical (unpaired) electrons. The molecule has 1 aliphatic rings. The molecule has 0 N–H and O–H groups in total. The summed E-state index contributed by atoms with van der Waals surface area (Å²) in [5.41, 5.74) is 2.66. The maximum Gasteiger partial charge on any atom is 0.414 e. The van der Waals surface area contributed by atoms with Gasteiger partial charge >= 0.3 is 12.1 Å². The van der Waals surface area contributed by atoms with E-state index in [2.05, 4.69) is 18.6 Å². The van der Waals surface area contributed by atoms with Gasteiger partial charge in [0.25, 0.3) is 0 Å². The molecular formula is C20H23N3O4. The lowest BCUT2D eigenvalue weighted by molar-refractivity contribution is 0.0600. The number of carbonyl (C=O) groups is 2. The predicted octanol–water partition coefficient (Wildman–Crippen LogP) is 3.16. The Labute approximate surface area is 158 Å². The van der Waals surface area contributed by atoms with Crippen molar-refractivity contribution >= 4 is 17.7 Å². The van der Waals surface area contributed by atoms with Gasteiger partial charge in [-0.25, -0.2) is 9.59 Å². The second kappa shape index (κ2) is 7.26. The van der Waals surface area contributed by atoms with E-state index in [1.807, 2.05) is 16.9 Å². The molecule has 27 heavy (non-hydrogen) atoms. The molecule has 0 fully saturated rings. The van der Waals surface area contributed by atoms with Crippen LogP contribution < -0.4 is 4.90 Å². The lowest BCUT2D eigenvalue weighted by Crippen LogP contribution is -2.35. The largest absolute Gasteiger partial charge is 0.465 e. The molecular weight excluding hydrogens is 346 g/mol. The van der Waals surface area contributed by atoms with Crippen LogP contribution in [0.4, 0.5) is 10.5 Å². The van der Waals surface area contributed by atoms with Crippen LogP contribution in [-0.2, 0) is 21.4 Å². The van der Waals surface area contributed by atoms with Gasteiger partial charge in [0.05, 0.1) is 32.0 Å². The van der Waals surface area contributed by atoms with Crippen LogP contribution in [-0.4, -0.2) is 42.6 Å². The first-order valence-corrected chi connectivity index (χ1v) is 8.60. The molecule has 0 saturated heterocycles. The van der Waals surface area contributed by atoms with Crippen molar-refractivity contribution in [1.82, 2.24) is 9.78 Å². The van der Waals surface area contributed by atoms with Crippen molar-refractivity contribution in [2.24, 2.45) is 0 Å². The Hall–Kier alpha value is -3.09. The van der Waals surface area contributed by atoms with E-state index >= 15 is 0 Å². The van der Waals surface area contributed by atoms with Gasteiger partial charge in [-0.2, -0.15) is 5.10 Å². The summed E-state index contributed by atoms with van der Waals surface area (Å²) in [6.45, 7) is 7.28. The van der Waals surface area contributed by atoms with Gasteiger partial charge in [0.1, 0.15) is 0 Å².